The molecule has 1 aromatic carbocycles. The van der Waals surface area contributed by atoms with E-state index in [9.17, 15) is 0 Å². The van der Waals surface area contributed by atoms with Crippen molar-refractivity contribution in [2.75, 3.05) is 6.54 Å². The van der Waals surface area contributed by atoms with Crippen molar-refractivity contribution in [3.05, 3.63) is 46.8 Å². The van der Waals surface area contributed by atoms with Crippen LogP contribution in [0.15, 0.2) is 36.4 Å². The summed E-state index contributed by atoms with van der Waals surface area (Å²) in [6.07, 6.45) is 1.19. The quantitative estimate of drug-likeness (QED) is 0.778. The van der Waals surface area contributed by atoms with Gasteiger partial charge in [-0.25, -0.2) is 0 Å². The normalized spacial score (nSPS) is 10.7. The summed E-state index contributed by atoms with van der Waals surface area (Å²) in [5, 5.41) is 3.45. The molecule has 0 spiro atoms. The van der Waals surface area contributed by atoms with Crippen LogP contribution in [0, 0.1) is 6.92 Å². The molecule has 90 valence electrons. The van der Waals surface area contributed by atoms with Gasteiger partial charge in [-0.15, -0.1) is 11.3 Å². The molecule has 0 bridgehead atoms. The lowest BCUT2D eigenvalue weighted by Crippen LogP contribution is -2.12. The van der Waals surface area contributed by atoms with Gasteiger partial charge in [-0.1, -0.05) is 37.3 Å². The first-order valence-corrected chi connectivity index (χ1v) is 6.98. The van der Waals surface area contributed by atoms with Gasteiger partial charge in [0.2, 0.25) is 0 Å². The van der Waals surface area contributed by atoms with E-state index >= 15 is 0 Å². The average Bonchev–Trinajstić information content (AvgIpc) is 2.72. The Labute approximate surface area is 108 Å². The van der Waals surface area contributed by atoms with E-state index in [1.54, 1.807) is 0 Å². The molecule has 0 aliphatic rings. The second kappa shape index (κ2) is 5.99. The largest absolute Gasteiger partial charge is 0.312 e. The van der Waals surface area contributed by atoms with Crippen LogP contribution in [0.2, 0.25) is 0 Å². The Balaban J connectivity index is 2.14. The lowest BCUT2D eigenvalue weighted by atomic mass is 10.1. The maximum absolute atomic E-state index is 3.45. The summed E-state index contributed by atoms with van der Waals surface area (Å²) in [6.45, 7) is 6.48. The fourth-order valence-corrected chi connectivity index (χ4v) is 3.05. The number of benzene rings is 1. The van der Waals surface area contributed by atoms with Crippen molar-refractivity contribution in [2.24, 2.45) is 0 Å². The van der Waals surface area contributed by atoms with Crippen molar-refractivity contribution < 1.29 is 0 Å². The van der Waals surface area contributed by atoms with E-state index in [4.69, 9.17) is 0 Å². The molecular weight excluding hydrogens is 226 g/mol. The fourth-order valence-electron chi connectivity index (χ4n) is 1.90. The molecule has 0 saturated carbocycles. The van der Waals surface area contributed by atoms with Gasteiger partial charge < -0.3 is 5.32 Å². The molecule has 0 amide bonds. The van der Waals surface area contributed by atoms with E-state index in [2.05, 4.69) is 55.6 Å². The molecule has 0 fully saturated rings. The molecule has 0 aliphatic heterocycles. The Morgan fingerprint density at radius 2 is 1.94 bits per heavy atom. The Morgan fingerprint density at radius 3 is 2.65 bits per heavy atom. The van der Waals surface area contributed by atoms with E-state index in [-0.39, 0.29) is 0 Å². The predicted octanol–water partition coefficient (Wildman–Crippen LogP) is 4.22. The Morgan fingerprint density at radius 1 is 1.18 bits per heavy atom. The minimum absolute atomic E-state index is 0.992. The zero-order valence-electron chi connectivity index (χ0n) is 10.5. The van der Waals surface area contributed by atoms with Crippen LogP contribution >= 0.6 is 11.3 Å². The van der Waals surface area contributed by atoms with Gasteiger partial charge in [-0.05, 0) is 37.1 Å². The van der Waals surface area contributed by atoms with E-state index in [0.717, 1.165) is 13.1 Å². The Kier molecular flexibility index (Phi) is 4.35. The molecule has 1 N–H and O–H groups in total. The average molecular weight is 245 g/mol. The molecule has 2 rings (SSSR count). The summed E-state index contributed by atoms with van der Waals surface area (Å²) >= 11 is 1.90. The second-order valence-electron chi connectivity index (χ2n) is 4.27. The van der Waals surface area contributed by atoms with Crippen LogP contribution < -0.4 is 5.32 Å². The summed E-state index contributed by atoms with van der Waals surface area (Å²) in [4.78, 5) is 2.83. The molecule has 1 heterocycles. The molecule has 2 aromatic rings. The zero-order valence-corrected chi connectivity index (χ0v) is 11.3. The van der Waals surface area contributed by atoms with Crippen LogP contribution in [0.4, 0.5) is 0 Å². The lowest BCUT2D eigenvalue weighted by Gasteiger charge is -1.99. The molecule has 1 aromatic heterocycles. The van der Waals surface area contributed by atoms with E-state index in [1.165, 1.54) is 27.3 Å². The van der Waals surface area contributed by atoms with Gasteiger partial charge in [0.15, 0.2) is 0 Å². The molecular formula is C15H19NS. The van der Waals surface area contributed by atoms with Crippen LogP contribution in [0.3, 0.4) is 0 Å². The summed E-state index contributed by atoms with van der Waals surface area (Å²) < 4.78 is 0. The third kappa shape index (κ3) is 3.18. The Bertz CT molecular complexity index is 459. The van der Waals surface area contributed by atoms with E-state index in [0.29, 0.717) is 0 Å². The smallest absolute Gasteiger partial charge is 0.0375 e. The van der Waals surface area contributed by atoms with Crippen molar-refractivity contribution in [1.29, 1.82) is 0 Å². The topological polar surface area (TPSA) is 12.0 Å². The molecule has 0 radical (unpaired) electrons. The minimum atomic E-state index is 0.992. The highest BCUT2D eigenvalue weighted by atomic mass is 32.1. The highest BCUT2D eigenvalue weighted by Crippen LogP contribution is 2.32. The van der Waals surface area contributed by atoms with Crippen molar-refractivity contribution in [2.45, 2.75) is 26.8 Å². The minimum Gasteiger partial charge on any atom is -0.312 e. The van der Waals surface area contributed by atoms with Gasteiger partial charge in [0, 0.05) is 16.3 Å². The molecule has 0 atom stereocenters. The van der Waals surface area contributed by atoms with Gasteiger partial charge in [0.25, 0.3) is 0 Å². The van der Waals surface area contributed by atoms with Crippen LogP contribution in [-0.2, 0) is 6.54 Å². The molecule has 0 saturated heterocycles. The fraction of sp³-hybridized carbons (Fsp3) is 0.333. The lowest BCUT2D eigenvalue weighted by molar-refractivity contribution is 0.681. The molecule has 1 nitrogen and oxygen atoms in total. The summed E-state index contributed by atoms with van der Waals surface area (Å²) in [7, 11) is 0. The number of rotatable bonds is 5. The third-order valence-electron chi connectivity index (χ3n) is 2.73. The van der Waals surface area contributed by atoms with Gasteiger partial charge >= 0.3 is 0 Å². The van der Waals surface area contributed by atoms with Crippen LogP contribution in [0.25, 0.3) is 10.4 Å². The maximum atomic E-state index is 3.45. The predicted molar refractivity (Wildman–Crippen MR) is 76.5 cm³/mol. The number of aryl methyl sites for hydroxylation is 1. The maximum Gasteiger partial charge on any atom is 0.0375 e. The SMILES string of the molecule is CCCNCc1cc(C)c(-c2ccccc2)s1. The van der Waals surface area contributed by atoms with Crippen molar-refractivity contribution in [3.8, 4) is 10.4 Å². The highest BCUT2D eigenvalue weighted by molar-refractivity contribution is 7.15. The van der Waals surface area contributed by atoms with Crippen molar-refractivity contribution in [3.63, 3.8) is 0 Å². The van der Waals surface area contributed by atoms with Crippen molar-refractivity contribution in [1.82, 2.24) is 5.32 Å². The van der Waals surface area contributed by atoms with Crippen LogP contribution in [0.1, 0.15) is 23.8 Å². The first-order valence-electron chi connectivity index (χ1n) is 6.16. The van der Waals surface area contributed by atoms with Crippen molar-refractivity contribution >= 4 is 11.3 Å². The zero-order chi connectivity index (χ0) is 12.1. The first-order chi connectivity index (χ1) is 8.31. The number of hydrogen-bond acceptors (Lipinski definition) is 2. The first kappa shape index (κ1) is 12.3. The Hall–Kier alpha value is -1.12. The standard InChI is InChI=1S/C15H19NS/c1-3-9-16-11-14-10-12(2)15(17-14)13-7-5-4-6-8-13/h4-8,10,16H,3,9,11H2,1-2H3. The van der Waals surface area contributed by atoms with Crippen LogP contribution in [-0.4, -0.2) is 6.54 Å². The summed E-state index contributed by atoms with van der Waals surface area (Å²) in [6, 6.07) is 12.9. The number of nitrogens with one attached hydrogen (secondary N) is 1. The number of thiophene rings is 1. The van der Waals surface area contributed by atoms with Crippen LogP contribution in [0.5, 0.6) is 0 Å². The monoisotopic (exact) mass is 245 g/mol. The molecule has 17 heavy (non-hydrogen) atoms. The number of hydrogen-bond donors (Lipinski definition) is 1. The van der Waals surface area contributed by atoms with Gasteiger partial charge in [-0.3, -0.25) is 0 Å². The second-order valence-corrected chi connectivity index (χ2v) is 5.40. The summed E-state index contributed by atoms with van der Waals surface area (Å²) in [5.41, 5.74) is 2.71. The van der Waals surface area contributed by atoms with E-state index in [1.807, 2.05) is 11.3 Å². The van der Waals surface area contributed by atoms with Gasteiger partial charge in [0.1, 0.15) is 0 Å². The highest BCUT2D eigenvalue weighted by Gasteiger charge is 2.06. The molecule has 2 heteroatoms. The van der Waals surface area contributed by atoms with Gasteiger partial charge in [-0.2, -0.15) is 0 Å². The third-order valence-corrected chi connectivity index (χ3v) is 4.02. The summed E-state index contributed by atoms with van der Waals surface area (Å²) in [5.74, 6) is 0. The molecule has 0 unspecified atom stereocenters. The molecule has 0 aliphatic carbocycles. The van der Waals surface area contributed by atoms with E-state index < -0.39 is 0 Å². The van der Waals surface area contributed by atoms with Gasteiger partial charge in [0.05, 0.1) is 0 Å².